The maximum atomic E-state index is 10.4. The summed E-state index contributed by atoms with van der Waals surface area (Å²) in [4.78, 5) is 20.6. The van der Waals surface area contributed by atoms with E-state index in [1.165, 1.54) is 44.9 Å². The van der Waals surface area contributed by atoms with Crippen molar-refractivity contribution in [1.82, 2.24) is 0 Å². The van der Waals surface area contributed by atoms with Gasteiger partial charge >= 0.3 is 0 Å². The largest absolute Gasteiger partial charge is 0.281 e. The Labute approximate surface area is 165 Å². The van der Waals surface area contributed by atoms with Crippen molar-refractivity contribution in [2.45, 2.75) is 96.8 Å². The van der Waals surface area contributed by atoms with Crippen molar-refractivity contribution < 1.29 is 9.59 Å². The summed E-state index contributed by atoms with van der Waals surface area (Å²) in [5, 5.41) is -0.400. The van der Waals surface area contributed by atoms with E-state index in [-0.39, 0.29) is 22.9 Å². The van der Waals surface area contributed by atoms with Crippen molar-refractivity contribution in [2.24, 2.45) is 0 Å². The molecule has 2 nitrogen and oxygen atoms in total. The molecule has 0 saturated heterocycles. The first kappa shape index (κ1) is 28.7. The number of hydrogen-bond donors (Lipinski definition) is 0. The van der Waals surface area contributed by atoms with Gasteiger partial charge in [0.1, 0.15) is 0 Å². The van der Waals surface area contributed by atoms with E-state index >= 15 is 0 Å². The van der Waals surface area contributed by atoms with Crippen LogP contribution in [0.5, 0.6) is 0 Å². The van der Waals surface area contributed by atoms with E-state index in [1.54, 1.807) is 0 Å². The quantitative estimate of drug-likeness (QED) is 0.161. The third-order valence-corrected chi connectivity index (χ3v) is 3.89. The Kier molecular flexibility index (Phi) is 30.2. The maximum absolute atomic E-state index is 10.4. The second-order valence-corrected chi connectivity index (χ2v) is 6.67. The molecule has 0 spiro atoms. The highest BCUT2D eigenvalue weighted by Crippen LogP contribution is 2.09. The van der Waals surface area contributed by atoms with Crippen LogP contribution in [0.15, 0.2) is 12.7 Å². The van der Waals surface area contributed by atoms with Crippen LogP contribution in [-0.4, -0.2) is 10.5 Å². The average molecular weight is 402 g/mol. The predicted octanol–water partition coefficient (Wildman–Crippen LogP) is 7.59. The standard InChI is InChI=1S/C11H19ClO.C8H15ClO.ClH/c1-2-3-4-5-6-7-8-9-10-11(12)13;1-2-3-4-5-6-7-8(9)10;/h2H,1,3-10H2;2-7H2,1H3;1H. The van der Waals surface area contributed by atoms with Crippen LogP contribution in [0.4, 0.5) is 0 Å². The first-order valence-electron chi connectivity index (χ1n) is 9.02. The number of unbranched alkanes of at least 4 members (excludes halogenated alkanes) is 10. The Balaban J connectivity index is -0.000000364. The van der Waals surface area contributed by atoms with Crippen LogP contribution in [0, 0.1) is 0 Å². The molecule has 0 N–H and O–H groups in total. The fraction of sp³-hybridized carbons (Fsp3) is 0.789. The lowest BCUT2D eigenvalue weighted by molar-refractivity contribution is -0.112. The monoisotopic (exact) mass is 400 g/mol. The highest BCUT2D eigenvalue weighted by Gasteiger charge is 1.95. The van der Waals surface area contributed by atoms with Gasteiger partial charge in [0, 0.05) is 12.8 Å². The molecule has 0 heterocycles. The summed E-state index contributed by atoms with van der Waals surface area (Å²) >= 11 is 10.4. The summed E-state index contributed by atoms with van der Waals surface area (Å²) in [6.45, 7) is 5.85. The highest BCUT2D eigenvalue weighted by molar-refractivity contribution is 6.63. The Morgan fingerprint density at radius 3 is 1.50 bits per heavy atom. The van der Waals surface area contributed by atoms with E-state index in [4.69, 9.17) is 23.2 Å². The molecule has 0 aromatic heterocycles. The van der Waals surface area contributed by atoms with Gasteiger partial charge in [0.05, 0.1) is 0 Å². The van der Waals surface area contributed by atoms with E-state index in [0.29, 0.717) is 12.8 Å². The van der Waals surface area contributed by atoms with Crippen LogP contribution in [0.3, 0.4) is 0 Å². The molecule has 0 aromatic rings. The Morgan fingerprint density at radius 1 is 0.750 bits per heavy atom. The molecule has 0 aliphatic carbocycles. The first-order valence-corrected chi connectivity index (χ1v) is 9.77. The van der Waals surface area contributed by atoms with Crippen molar-refractivity contribution >= 4 is 46.1 Å². The Bertz CT molecular complexity index is 294. The molecule has 0 unspecified atom stereocenters. The van der Waals surface area contributed by atoms with Gasteiger partial charge in [-0.3, -0.25) is 9.59 Å². The topological polar surface area (TPSA) is 34.1 Å². The molecule has 0 aliphatic rings. The van der Waals surface area contributed by atoms with Gasteiger partial charge in [-0.1, -0.05) is 64.4 Å². The van der Waals surface area contributed by atoms with Gasteiger partial charge in [0.15, 0.2) is 0 Å². The lowest BCUT2D eigenvalue weighted by Gasteiger charge is -1.98. The molecule has 5 heteroatoms. The molecular weight excluding hydrogens is 367 g/mol. The van der Waals surface area contributed by atoms with Gasteiger partial charge in [-0.15, -0.1) is 19.0 Å². The van der Waals surface area contributed by atoms with Gasteiger partial charge in [-0.05, 0) is 48.9 Å². The molecular formula is C19H35Cl3O2. The third-order valence-electron chi connectivity index (χ3n) is 3.51. The van der Waals surface area contributed by atoms with Gasteiger partial charge in [-0.25, -0.2) is 0 Å². The number of rotatable bonds is 15. The first-order chi connectivity index (χ1) is 11.0. The summed E-state index contributed by atoms with van der Waals surface area (Å²) in [5.41, 5.74) is 0. The number of hydrogen-bond acceptors (Lipinski definition) is 2. The molecule has 24 heavy (non-hydrogen) atoms. The second kappa shape index (κ2) is 25.2. The van der Waals surface area contributed by atoms with Gasteiger partial charge in [0.2, 0.25) is 10.5 Å². The minimum absolute atomic E-state index is 0. The smallest absolute Gasteiger partial charge is 0.221 e. The predicted molar refractivity (Wildman–Crippen MR) is 109 cm³/mol. The van der Waals surface area contributed by atoms with E-state index in [2.05, 4.69) is 13.5 Å². The SMILES string of the molecule is C=CCCCCCCCCC(=O)Cl.CCCCCCCC(=O)Cl.Cl. The van der Waals surface area contributed by atoms with Crippen LogP contribution in [0.2, 0.25) is 0 Å². The number of carbonyl (C=O) groups excluding carboxylic acids is 2. The average Bonchev–Trinajstić information content (AvgIpc) is 2.50. The van der Waals surface area contributed by atoms with Gasteiger partial charge in [-0.2, -0.15) is 0 Å². The Morgan fingerprint density at radius 2 is 1.12 bits per heavy atom. The molecule has 0 bridgehead atoms. The van der Waals surface area contributed by atoms with E-state index in [1.807, 2.05) is 6.08 Å². The van der Waals surface area contributed by atoms with Gasteiger partial charge in [0.25, 0.3) is 0 Å². The van der Waals surface area contributed by atoms with Crippen LogP contribution in [0.1, 0.15) is 96.8 Å². The van der Waals surface area contributed by atoms with E-state index in [9.17, 15) is 9.59 Å². The van der Waals surface area contributed by atoms with Crippen molar-refractivity contribution in [3.8, 4) is 0 Å². The molecule has 0 radical (unpaired) electrons. The normalized spacial score (nSPS) is 9.46. The van der Waals surface area contributed by atoms with Crippen LogP contribution in [-0.2, 0) is 9.59 Å². The molecule has 0 aromatic carbocycles. The van der Waals surface area contributed by atoms with Crippen molar-refractivity contribution in [2.75, 3.05) is 0 Å². The lowest BCUT2D eigenvalue weighted by atomic mass is 10.1. The summed E-state index contributed by atoms with van der Waals surface area (Å²) in [6, 6.07) is 0. The lowest BCUT2D eigenvalue weighted by Crippen LogP contribution is -1.86. The van der Waals surface area contributed by atoms with Crippen LogP contribution in [0.25, 0.3) is 0 Å². The fourth-order valence-corrected chi connectivity index (χ4v) is 2.39. The van der Waals surface area contributed by atoms with Crippen LogP contribution >= 0.6 is 35.6 Å². The fourth-order valence-electron chi connectivity index (χ4n) is 2.13. The van der Waals surface area contributed by atoms with E-state index in [0.717, 1.165) is 32.1 Å². The number of halogens is 3. The molecule has 0 rings (SSSR count). The number of allylic oxidation sites excluding steroid dienone is 1. The molecule has 0 amide bonds. The zero-order valence-corrected chi connectivity index (χ0v) is 17.5. The molecule has 0 saturated carbocycles. The minimum atomic E-state index is -0.202. The minimum Gasteiger partial charge on any atom is -0.281 e. The third kappa shape index (κ3) is 33.5. The molecule has 144 valence electrons. The summed E-state index contributed by atoms with van der Waals surface area (Å²) in [7, 11) is 0. The number of carbonyl (C=O) groups is 2. The highest BCUT2D eigenvalue weighted by atomic mass is 35.5. The van der Waals surface area contributed by atoms with Crippen molar-refractivity contribution in [1.29, 1.82) is 0 Å². The van der Waals surface area contributed by atoms with Crippen molar-refractivity contribution in [3.05, 3.63) is 12.7 Å². The summed E-state index contributed by atoms with van der Waals surface area (Å²) in [6.07, 6.45) is 17.1. The van der Waals surface area contributed by atoms with Crippen molar-refractivity contribution in [3.63, 3.8) is 0 Å². The summed E-state index contributed by atoms with van der Waals surface area (Å²) < 4.78 is 0. The second-order valence-electron chi connectivity index (χ2n) is 5.82. The molecule has 0 aliphatic heterocycles. The maximum Gasteiger partial charge on any atom is 0.221 e. The molecule has 0 fully saturated rings. The summed E-state index contributed by atoms with van der Waals surface area (Å²) in [5.74, 6) is 0. The van der Waals surface area contributed by atoms with Gasteiger partial charge < -0.3 is 0 Å². The van der Waals surface area contributed by atoms with Crippen LogP contribution < -0.4 is 0 Å². The Hall–Kier alpha value is -0.0500. The molecule has 0 atom stereocenters. The van der Waals surface area contributed by atoms with E-state index < -0.39 is 0 Å². The zero-order chi connectivity index (χ0) is 17.8. The zero-order valence-electron chi connectivity index (χ0n) is 15.2.